The summed E-state index contributed by atoms with van der Waals surface area (Å²) in [6.45, 7) is 30.1. The van der Waals surface area contributed by atoms with Gasteiger partial charge >= 0.3 is 0 Å². The quantitative estimate of drug-likeness (QED) is 0.0432. The average molecular weight is 881 g/mol. The molecule has 0 aliphatic rings. The molecule has 2 rings (SSSR count). The van der Waals surface area contributed by atoms with Crippen molar-refractivity contribution < 1.29 is 19.2 Å². The SMILES string of the molecule is CC.CC.CCCCCNC(=O)C(CCCNC(C)C)NC(=O)CCCc1ccc(C)cc1.Cc1ccc(CCCC(=O)N[C@@H](CCCNC(C)C)C(=O)NCCCC(C)C)cc1. The number of carbonyl (C=O) groups excluding carboxylic acids is 4. The van der Waals surface area contributed by atoms with E-state index in [1.54, 1.807) is 0 Å². The summed E-state index contributed by atoms with van der Waals surface area (Å²) in [5.74, 6) is 0.435. The first-order valence-electron chi connectivity index (χ1n) is 24.9. The van der Waals surface area contributed by atoms with E-state index in [2.05, 4.69) is 143 Å². The molecule has 2 atom stereocenters. The number of hydrogen-bond acceptors (Lipinski definition) is 6. The maximum Gasteiger partial charge on any atom is 0.242 e. The number of rotatable bonds is 30. The number of carbonyl (C=O) groups is 4. The Morgan fingerprint density at radius 2 is 0.841 bits per heavy atom. The molecule has 0 bridgehead atoms. The number of nitrogens with one attached hydrogen (secondary N) is 6. The molecule has 63 heavy (non-hydrogen) atoms. The molecule has 6 N–H and O–H groups in total. The molecule has 0 saturated carbocycles. The molecule has 0 heterocycles. The van der Waals surface area contributed by atoms with E-state index in [4.69, 9.17) is 0 Å². The summed E-state index contributed by atoms with van der Waals surface area (Å²) in [4.78, 5) is 50.1. The van der Waals surface area contributed by atoms with E-state index in [-0.39, 0.29) is 23.6 Å². The molecule has 0 aromatic heterocycles. The number of hydrogen-bond donors (Lipinski definition) is 6. The van der Waals surface area contributed by atoms with Gasteiger partial charge in [0.25, 0.3) is 0 Å². The Bertz CT molecular complexity index is 1410. The summed E-state index contributed by atoms with van der Waals surface area (Å²) in [6.07, 6.45) is 12.5. The van der Waals surface area contributed by atoms with E-state index in [9.17, 15) is 19.2 Å². The third kappa shape index (κ3) is 36.3. The van der Waals surface area contributed by atoms with Crippen LogP contribution in [0.4, 0.5) is 0 Å². The van der Waals surface area contributed by atoms with Gasteiger partial charge in [-0.05, 0) is 115 Å². The highest BCUT2D eigenvalue weighted by atomic mass is 16.2. The molecular formula is C53H96N6O4. The van der Waals surface area contributed by atoms with E-state index >= 15 is 0 Å². The third-order valence-electron chi connectivity index (χ3n) is 10.1. The maximum absolute atomic E-state index is 12.6. The van der Waals surface area contributed by atoms with Crippen LogP contribution in [-0.2, 0) is 32.0 Å². The highest BCUT2D eigenvalue weighted by Crippen LogP contribution is 2.10. The number of benzene rings is 2. The number of amides is 4. The van der Waals surface area contributed by atoms with Crippen molar-refractivity contribution in [2.45, 2.75) is 210 Å². The third-order valence-corrected chi connectivity index (χ3v) is 10.1. The van der Waals surface area contributed by atoms with Crippen LogP contribution in [0.5, 0.6) is 0 Å². The van der Waals surface area contributed by atoms with Gasteiger partial charge < -0.3 is 31.9 Å². The first kappa shape index (κ1) is 61.3. The van der Waals surface area contributed by atoms with Crippen molar-refractivity contribution in [2.24, 2.45) is 5.92 Å². The van der Waals surface area contributed by atoms with Gasteiger partial charge in [0, 0.05) is 38.0 Å². The lowest BCUT2D eigenvalue weighted by Crippen LogP contribution is -2.47. The van der Waals surface area contributed by atoms with Gasteiger partial charge in [-0.3, -0.25) is 19.2 Å². The predicted molar refractivity (Wildman–Crippen MR) is 269 cm³/mol. The molecule has 362 valence electrons. The second-order valence-corrected chi connectivity index (χ2v) is 17.2. The molecule has 0 spiro atoms. The van der Waals surface area contributed by atoms with Crippen LogP contribution in [0.15, 0.2) is 48.5 Å². The number of aryl methyl sites for hydroxylation is 4. The number of unbranched alkanes of at least 4 members (excludes halogenated alkanes) is 2. The maximum atomic E-state index is 12.6. The Morgan fingerprint density at radius 3 is 1.19 bits per heavy atom. The zero-order chi connectivity index (χ0) is 47.8. The fourth-order valence-corrected chi connectivity index (χ4v) is 6.43. The minimum atomic E-state index is -0.454. The smallest absolute Gasteiger partial charge is 0.242 e. The van der Waals surface area contributed by atoms with Crippen LogP contribution < -0.4 is 31.9 Å². The Labute approximate surface area is 386 Å². The summed E-state index contributed by atoms with van der Waals surface area (Å²) in [6, 6.07) is 16.8. The molecule has 4 amide bonds. The topological polar surface area (TPSA) is 140 Å². The van der Waals surface area contributed by atoms with Crippen molar-refractivity contribution in [1.29, 1.82) is 0 Å². The zero-order valence-corrected chi connectivity index (χ0v) is 42.6. The summed E-state index contributed by atoms with van der Waals surface area (Å²) in [5.41, 5.74) is 4.97. The summed E-state index contributed by atoms with van der Waals surface area (Å²) in [7, 11) is 0. The van der Waals surface area contributed by atoms with Crippen LogP contribution in [-0.4, -0.2) is 74.0 Å². The lowest BCUT2D eigenvalue weighted by atomic mass is 10.1. The zero-order valence-electron chi connectivity index (χ0n) is 42.6. The standard InChI is InChI=1S/C25H43N3O2.C24H41N3O2.2C2H6/c1-19(2)9-7-18-27-25(30)23(11-8-17-26-20(3)4)28-24(29)12-6-10-22-15-13-21(5)14-16-22;1-5-6-7-17-26-24(29)22(11-9-18-25-19(2)3)27-23(28)12-8-10-21-15-13-20(4)14-16-21;2*1-2/h13-16,19-20,23,26H,6-12,17-18H2,1-5H3,(H,27,30)(H,28,29);13-16,19,22,25H,5-12,17-18H2,1-4H3,(H,26,29)(H,27,28);2*1-2H3/t23-;;;/m0.../s1. The van der Waals surface area contributed by atoms with Crippen molar-refractivity contribution >= 4 is 23.6 Å². The van der Waals surface area contributed by atoms with Crippen molar-refractivity contribution in [1.82, 2.24) is 31.9 Å². The summed E-state index contributed by atoms with van der Waals surface area (Å²) >= 11 is 0. The molecule has 10 nitrogen and oxygen atoms in total. The van der Waals surface area contributed by atoms with Crippen LogP contribution in [0.2, 0.25) is 0 Å². The molecule has 2 aromatic rings. The molecule has 0 radical (unpaired) electrons. The summed E-state index contributed by atoms with van der Waals surface area (Å²) < 4.78 is 0. The second-order valence-electron chi connectivity index (χ2n) is 17.2. The van der Waals surface area contributed by atoms with Gasteiger partial charge in [-0.15, -0.1) is 0 Å². The highest BCUT2D eigenvalue weighted by Gasteiger charge is 2.21. The minimum Gasteiger partial charge on any atom is -0.354 e. The molecular weight excluding hydrogens is 785 g/mol. The lowest BCUT2D eigenvalue weighted by molar-refractivity contribution is -0.129. The molecule has 0 aliphatic carbocycles. The normalized spacial score (nSPS) is 11.6. The van der Waals surface area contributed by atoms with Crippen LogP contribution in [0, 0.1) is 19.8 Å². The Hall–Kier alpha value is -3.76. The molecule has 0 saturated heterocycles. The second kappa shape index (κ2) is 41.0. The lowest BCUT2D eigenvalue weighted by Gasteiger charge is -2.19. The molecule has 0 aliphatic heterocycles. The molecule has 10 heteroatoms. The van der Waals surface area contributed by atoms with Gasteiger partial charge in [-0.2, -0.15) is 0 Å². The van der Waals surface area contributed by atoms with E-state index in [0.717, 1.165) is 83.7 Å². The van der Waals surface area contributed by atoms with E-state index in [1.165, 1.54) is 22.3 Å². The minimum absolute atomic E-state index is 0.0392. The Kier molecular flexibility index (Phi) is 39.9. The fourth-order valence-electron chi connectivity index (χ4n) is 6.43. The Morgan fingerprint density at radius 1 is 0.476 bits per heavy atom. The first-order chi connectivity index (χ1) is 30.2. The van der Waals surface area contributed by atoms with Crippen LogP contribution in [0.3, 0.4) is 0 Å². The van der Waals surface area contributed by atoms with Crippen molar-refractivity contribution in [3.8, 4) is 0 Å². The fraction of sp³-hybridized carbons (Fsp3) is 0.698. The van der Waals surface area contributed by atoms with Gasteiger partial charge in [0.05, 0.1) is 0 Å². The molecule has 0 fully saturated rings. The van der Waals surface area contributed by atoms with Gasteiger partial charge in [-0.1, -0.05) is 149 Å². The van der Waals surface area contributed by atoms with Crippen molar-refractivity contribution in [3.05, 3.63) is 70.8 Å². The monoisotopic (exact) mass is 881 g/mol. The van der Waals surface area contributed by atoms with Crippen LogP contribution >= 0.6 is 0 Å². The molecule has 1 unspecified atom stereocenters. The van der Waals surface area contributed by atoms with Gasteiger partial charge in [0.1, 0.15) is 12.1 Å². The van der Waals surface area contributed by atoms with E-state index < -0.39 is 12.1 Å². The molecule has 2 aromatic carbocycles. The average Bonchev–Trinajstić information content (AvgIpc) is 3.26. The highest BCUT2D eigenvalue weighted by molar-refractivity contribution is 5.88. The largest absolute Gasteiger partial charge is 0.354 e. The van der Waals surface area contributed by atoms with Crippen molar-refractivity contribution in [2.75, 3.05) is 26.2 Å². The Balaban J connectivity index is 0. The van der Waals surface area contributed by atoms with Gasteiger partial charge in [0.15, 0.2) is 0 Å². The van der Waals surface area contributed by atoms with Gasteiger partial charge in [0.2, 0.25) is 23.6 Å². The summed E-state index contributed by atoms with van der Waals surface area (Å²) in [5, 5.41) is 18.7. The predicted octanol–water partition coefficient (Wildman–Crippen LogP) is 10.1. The first-order valence-corrected chi connectivity index (χ1v) is 24.9. The van der Waals surface area contributed by atoms with Crippen LogP contribution in [0.25, 0.3) is 0 Å². The van der Waals surface area contributed by atoms with E-state index in [1.807, 2.05) is 27.7 Å². The van der Waals surface area contributed by atoms with Gasteiger partial charge in [-0.25, -0.2) is 0 Å². The van der Waals surface area contributed by atoms with E-state index in [0.29, 0.717) is 56.8 Å². The van der Waals surface area contributed by atoms with Crippen molar-refractivity contribution in [3.63, 3.8) is 0 Å². The van der Waals surface area contributed by atoms with Crippen LogP contribution in [0.1, 0.15) is 182 Å².